The second-order valence-electron chi connectivity index (χ2n) is 4.89. The molecule has 0 radical (unpaired) electrons. The molecule has 0 aliphatic carbocycles. The van der Waals surface area contributed by atoms with Gasteiger partial charge in [-0.1, -0.05) is 12.1 Å². The quantitative estimate of drug-likeness (QED) is 0.714. The lowest BCUT2D eigenvalue weighted by molar-refractivity contribution is 0.128. The lowest BCUT2D eigenvalue weighted by atomic mass is 10.1. The predicted molar refractivity (Wildman–Crippen MR) is 81.7 cm³/mol. The van der Waals surface area contributed by atoms with Crippen LogP contribution in [0.15, 0.2) is 41.9 Å². The third kappa shape index (κ3) is 3.37. The zero-order valence-corrected chi connectivity index (χ0v) is 11.9. The highest BCUT2D eigenvalue weighted by Crippen LogP contribution is 2.21. The molecule has 1 aliphatic rings. The lowest BCUT2D eigenvalue weighted by Crippen LogP contribution is -2.26. The molecule has 1 aliphatic heterocycles. The van der Waals surface area contributed by atoms with Crippen molar-refractivity contribution in [3.8, 4) is 0 Å². The van der Waals surface area contributed by atoms with E-state index in [9.17, 15) is 0 Å². The van der Waals surface area contributed by atoms with Gasteiger partial charge in [0.2, 0.25) is 0 Å². The van der Waals surface area contributed by atoms with Gasteiger partial charge < -0.3 is 9.64 Å². The van der Waals surface area contributed by atoms with Crippen molar-refractivity contribution in [1.82, 2.24) is 4.90 Å². The van der Waals surface area contributed by atoms with E-state index < -0.39 is 0 Å². The van der Waals surface area contributed by atoms with Crippen LogP contribution in [0.4, 0.5) is 0 Å². The van der Waals surface area contributed by atoms with Gasteiger partial charge in [0, 0.05) is 24.4 Å². The topological polar surface area (TPSA) is 12.5 Å². The normalized spacial score (nSPS) is 14.0. The maximum Gasteiger partial charge on any atom is 0.0506 e. The van der Waals surface area contributed by atoms with Crippen molar-refractivity contribution in [3.05, 3.63) is 47.5 Å². The minimum absolute atomic E-state index is 0.825. The fourth-order valence-electron chi connectivity index (χ4n) is 2.25. The molecule has 1 aromatic heterocycles. The van der Waals surface area contributed by atoms with Gasteiger partial charge in [0.1, 0.15) is 0 Å². The Labute approximate surface area is 118 Å². The summed E-state index contributed by atoms with van der Waals surface area (Å²) < 4.78 is 7.07. The van der Waals surface area contributed by atoms with Gasteiger partial charge in [-0.15, -0.1) is 11.3 Å². The summed E-state index contributed by atoms with van der Waals surface area (Å²) in [7, 11) is 0. The molecule has 0 saturated carbocycles. The molecule has 0 unspecified atom stereocenters. The van der Waals surface area contributed by atoms with Crippen LogP contribution in [0.5, 0.6) is 0 Å². The van der Waals surface area contributed by atoms with E-state index in [1.165, 1.54) is 15.6 Å². The molecule has 2 aromatic rings. The van der Waals surface area contributed by atoms with Crippen molar-refractivity contribution in [1.29, 1.82) is 0 Å². The van der Waals surface area contributed by atoms with E-state index in [2.05, 4.69) is 46.8 Å². The SMILES string of the molecule is C1=CN(CCCOCCc2ccc3sccc3c2)C1. The Hall–Kier alpha value is -1.32. The molecule has 0 spiro atoms. The van der Waals surface area contributed by atoms with Gasteiger partial charge in [-0.3, -0.25) is 0 Å². The Morgan fingerprint density at radius 2 is 2.16 bits per heavy atom. The zero-order chi connectivity index (χ0) is 12.9. The molecule has 19 heavy (non-hydrogen) atoms. The monoisotopic (exact) mass is 273 g/mol. The first-order chi connectivity index (χ1) is 9.42. The van der Waals surface area contributed by atoms with Crippen molar-refractivity contribution >= 4 is 21.4 Å². The highest BCUT2D eigenvalue weighted by atomic mass is 32.1. The molecular formula is C16H19NOS. The van der Waals surface area contributed by atoms with Crippen LogP contribution in [-0.2, 0) is 11.2 Å². The average Bonchev–Trinajstić information content (AvgIpc) is 2.83. The number of hydrogen-bond donors (Lipinski definition) is 0. The Balaban J connectivity index is 1.35. The van der Waals surface area contributed by atoms with Crippen LogP contribution in [0.25, 0.3) is 10.1 Å². The van der Waals surface area contributed by atoms with Gasteiger partial charge >= 0.3 is 0 Å². The van der Waals surface area contributed by atoms with E-state index in [-0.39, 0.29) is 0 Å². The highest BCUT2D eigenvalue weighted by Gasteiger charge is 2.03. The molecule has 3 rings (SSSR count). The van der Waals surface area contributed by atoms with E-state index in [0.29, 0.717) is 0 Å². The van der Waals surface area contributed by atoms with Crippen molar-refractivity contribution < 1.29 is 4.74 Å². The van der Waals surface area contributed by atoms with E-state index >= 15 is 0 Å². The molecule has 3 heteroatoms. The summed E-state index contributed by atoms with van der Waals surface area (Å²) in [6, 6.07) is 8.89. The maximum absolute atomic E-state index is 5.70. The molecule has 2 nitrogen and oxygen atoms in total. The number of rotatable bonds is 7. The van der Waals surface area contributed by atoms with Crippen LogP contribution in [0, 0.1) is 0 Å². The van der Waals surface area contributed by atoms with Crippen LogP contribution in [0.1, 0.15) is 12.0 Å². The lowest BCUT2D eigenvalue weighted by Gasteiger charge is -2.24. The fraction of sp³-hybridized carbons (Fsp3) is 0.375. The van der Waals surface area contributed by atoms with Gasteiger partial charge in [-0.05, 0) is 53.6 Å². The first kappa shape index (κ1) is 12.7. The number of hydrogen-bond acceptors (Lipinski definition) is 3. The number of ether oxygens (including phenoxy) is 1. The standard InChI is InChI=1S/C16H19NOS/c1-7-17(8-1)9-2-10-18-11-5-14-3-4-16-15(13-14)6-12-19-16/h1,3-4,6-7,12-13H,2,5,8-11H2. The van der Waals surface area contributed by atoms with Crippen molar-refractivity contribution in [2.24, 2.45) is 0 Å². The van der Waals surface area contributed by atoms with Crippen molar-refractivity contribution in [3.63, 3.8) is 0 Å². The first-order valence-corrected chi connectivity index (χ1v) is 7.74. The minimum atomic E-state index is 0.825. The maximum atomic E-state index is 5.70. The average molecular weight is 273 g/mol. The smallest absolute Gasteiger partial charge is 0.0506 e. The summed E-state index contributed by atoms with van der Waals surface area (Å²) in [5.41, 5.74) is 1.37. The molecule has 0 N–H and O–H groups in total. The molecule has 0 saturated heterocycles. The molecule has 0 atom stereocenters. The van der Waals surface area contributed by atoms with Gasteiger partial charge in [0.05, 0.1) is 6.61 Å². The molecule has 1 aromatic carbocycles. The van der Waals surface area contributed by atoms with E-state index in [1.54, 1.807) is 11.3 Å². The summed E-state index contributed by atoms with van der Waals surface area (Å²) in [5.74, 6) is 0. The number of fused-ring (bicyclic) bond motifs is 1. The van der Waals surface area contributed by atoms with Crippen LogP contribution in [0.2, 0.25) is 0 Å². The van der Waals surface area contributed by atoms with Gasteiger partial charge in [-0.2, -0.15) is 0 Å². The summed E-state index contributed by atoms with van der Waals surface area (Å²) in [4.78, 5) is 2.31. The van der Waals surface area contributed by atoms with Gasteiger partial charge in [0.15, 0.2) is 0 Å². The number of benzene rings is 1. The van der Waals surface area contributed by atoms with E-state index in [4.69, 9.17) is 4.74 Å². The number of thiophene rings is 1. The van der Waals surface area contributed by atoms with Crippen LogP contribution in [-0.4, -0.2) is 31.2 Å². The van der Waals surface area contributed by atoms with Crippen molar-refractivity contribution in [2.75, 3.05) is 26.3 Å². The third-order valence-corrected chi connectivity index (χ3v) is 4.34. The summed E-state index contributed by atoms with van der Waals surface area (Å²) in [5, 5.41) is 3.50. The van der Waals surface area contributed by atoms with E-state index in [0.717, 1.165) is 39.1 Å². The molecule has 100 valence electrons. The largest absolute Gasteiger partial charge is 0.381 e. The summed E-state index contributed by atoms with van der Waals surface area (Å²) in [6.07, 6.45) is 6.46. The predicted octanol–water partition coefficient (Wildman–Crippen LogP) is 3.68. The Kier molecular flexibility index (Phi) is 4.16. The number of nitrogens with zero attached hydrogens (tertiary/aromatic N) is 1. The summed E-state index contributed by atoms with van der Waals surface area (Å²) in [6.45, 7) is 3.93. The molecule has 0 fully saturated rings. The highest BCUT2D eigenvalue weighted by molar-refractivity contribution is 7.17. The molecule has 0 amide bonds. The van der Waals surface area contributed by atoms with Crippen LogP contribution in [0.3, 0.4) is 0 Å². The summed E-state index contributed by atoms with van der Waals surface area (Å²) >= 11 is 1.80. The van der Waals surface area contributed by atoms with Crippen LogP contribution < -0.4 is 0 Å². The first-order valence-electron chi connectivity index (χ1n) is 6.86. The Morgan fingerprint density at radius 3 is 3.00 bits per heavy atom. The Morgan fingerprint density at radius 1 is 1.21 bits per heavy atom. The molecule has 0 bridgehead atoms. The second-order valence-corrected chi connectivity index (χ2v) is 5.84. The van der Waals surface area contributed by atoms with Crippen LogP contribution >= 0.6 is 11.3 Å². The van der Waals surface area contributed by atoms with Crippen molar-refractivity contribution in [2.45, 2.75) is 12.8 Å². The second kappa shape index (κ2) is 6.22. The molecule has 2 heterocycles. The van der Waals surface area contributed by atoms with Gasteiger partial charge in [0.25, 0.3) is 0 Å². The minimum Gasteiger partial charge on any atom is -0.381 e. The Bertz CT molecular complexity index is 561. The molecular weight excluding hydrogens is 254 g/mol. The fourth-order valence-corrected chi connectivity index (χ4v) is 3.02. The van der Waals surface area contributed by atoms with E-state index in [1.807, 2.05) is 0 Å². The van der Waals surface area contributed by atoms with Gasteiger partial charge in [-0.25, -0.2) is 0 Å². The zero-order valence-electron chi connectivity index (χ0n) is 11.0. The third-order valence-electron chi connectivity index (χ3n) is 3.44.